The Labute approximate surface area is 377 Å². The van der Waals surface area contributed by atoms with E-state index in [1.165, 1.54) is 43.4 Å². The molecule has 0 unspecified atom stereocenters. The molecule has 1 aliphatic rings. The number of pyridine rings is 4. The molecule has 8 heteroatoms. The second kappa shape index (κ2) is 18.4. The van der Waals surface area contributed by atoms with Gasteiger partial charge in [-0.2, -0.15) is 0 Å². The van der Waals surface area contributed by atoms with Crippen LogP contribution in [-0.4, -0.2) is 38.3 Å². The summed E-state index contributed by atoms with van der Waals surface area (Å²) in [7, 11) is -0.351. The van der Waals surface area contributed by atoms with Crippen molar-refractivity contribution in [3.05, 3.63) is 149 Å². The first kappa shape index (κ1) is 45.0. The molecule has 4 aromatic carbocycles. The third-order valence-electron chi connectivity index (χ3n) is 12.3. The van der Waals surface area contributed by atoms with Gasteiger partial charge in [-0.1, -0.05) is 122 Å². The maximum Gasteiger partial charge on any atom is 0.494 e. The highest BCUT2D eigenvalue weighted by molar-refractivity contribution is 9.10. The summed E-state index contributed by atoms with van der Waals surface area (Å²) in [6.07, 6.45) is 3.73. The van der Waals surface area contributed by atoms with E-state index in [1.54, 1.807) is 0 Å². The van der Waals surface area contributed by atoms with Crippen LogP contribution in [0, 0.1) is 0 Å². The van der Waals surface area contributed by atoms with E-state index in [0.717, 1.165) is 43.7 Å². The average Bonchev–Trinajstić information content (AvgIpc) is 3.48. The van der Waals surface area contributed by atoms with Crippen molar-refractivity contribution in [2.24, 2.45) is 0 Å². The van der Waals surface area contributed by atoms with Crippen LogP contribution in [0.1, 0.15) is 129 Å². The first-order valence-corrected chi connectivity index (χ1v) is 22.8. The number of aromatic nitrogens is 4. The van der Waals surface area contributed by atoms with Crippen LogP contribution < -0.4 is 5.46 Å². The van der Waals surface area contributed by atoms with Crippen LogP contribution in [0.4, 0.5) is 0 Å². The van der Waals surface area contributed by atoms with Gasteiger partial charge in [0.1, 0.15) is 4.60 Å². The molecule has 0 radical (unpaired) electrons. The van der Waals surface area contributed by atoms with Crippen LogP contribution in [0.25, 0.3) is 54.6 Å². The van der Waals surface area contributed by atoms with Crippen LogP contribution in [-0.2, 0) is 9.31 Å². The smallest absolute Gasteiger partial charge is 0.399 e. The van der Waals surface area contributed by atoms with Gasteiger partial charge in [0.05, 0.1) is 39.3 Å². The minimum atomic E-state index is -0.351. The first-order chi connectivity index (χ1) is 29.4. The molecule has 0 bridgehead atoms. The zero-order chi connectivity index (χ0) is 44.5. The van der Waals surface area contributed by atoms with Gasteiger partial charge in [0.25, 0.3) is 0 Å². The number of halogens is 1. The topological polar surface area (TPSA) is 70.0 Å². The zero-order valence-electron chi connectivity index (χ0n) is 38.4. The lowest BCUT2D eigenvalue weighted by Crippen LogP contribution is -2.41. The second-order valence-corrected chi connectivity index (χ2v) is 19.5. The Kier molecular flexibility index (Phi) is 13.3. The molecule has 5 heterocycles. The number of hydrogen-bond donors (Lipinski definition) is 0. The van der Waals surface area contributed by atoms with Crippen LogP contribution >= 0.6 is 15.9 Å². The van der Waals surface area contributed by atoms with Gasteiger partial charge < -0.3 is 9.31 Å². The van der Waals surface area contributed by atoms with E-state index in [9.17, 15) is 0 Å². The summed E-state index contributed by atoms with van der Waals surface area (Å²) in [5.74, 6) is 1.79. The molecule has 1 aliphatic heterocycles. The minimum Gasteiger partial charge on any atom is -0.399 e. The highest BCUT2D eigenvalue weighted by Gasteiger charge is 2.51. The second-order valence-electron chi connectivity index (χ2n) is 18.7. The molecular formula is C54H60BBrN4O2. The van der Waals surface area contributed by atoms with Gasteiger partial charge in [0, 0.05) is 39.5 Å². The molecule has 6 nitrogen and oxygen atoms in total. The maximum absolute atomic E-state index is 6.24. The Hall–Kier alpha value is -5.02. The molecule has 0 amide bonds. The predicted molar refractivity (Wildman–Crippen MR) is 266 cm³/mol. The fourth-order valence-electron chi connectivity index (χ4n) is 7.88. The van der Waals surface area contributed by atoms with Crippen molar-refractivity contribution in [3.8, 4) is 11.3 Å². The molecule has 0 saturated carbocycles. The summed E-state index contributed by atoms with van der Waals surface area (Å²) in [5.41, 5.74) is 9.58. The molecule has 1 saturated heterocycles. The van der Waals surface area contributed by atoms with Crippen molar-refractivity contribution < 1.29 is 9.31 Å². The average molecular weight is 888 g/mol. The fraction of sp³-hybridized carbons (Fsp3) is 0.333. The highest BCUT2D eigenvalue weighted by Crippen LogP contribution is 2.38. The third-order valence-corrected chi connectivity index (χ3v) is 12.7. The van der Waals surface area contributed by atoms with Crippen LogP contribution in [0.15, 0.2) is 126 Å². The van der Waals surface area contributed by atoms with Crippen molar-refractivity contribution >= 4 is 71.9 Å². The minimum absolute atomic E-state index is 0.338. The molecular weight excluding hydrogens is 827 g/mol. The van der Waals surface area contributed by atoms with Crippen molar-refractivity contribution in [2.75, 3.05) is 0 Å². The molecule has 4 aromatic heterocycles. The number of nitrogens with zero attached hydrogens (tertiary/aromatic N) is 4. The number of para-hydroxylation sites is 2. The Bertz CT molecular complexity index is 2850. The molecule has 0 aliphatic carbocycles. The van der Waals surface area contributed by atoms with E-state index in [-0.39, 0.29) is 18.3 Å². The number of rotatable bonds is 6. The number of benzene rings is 4. The van der Waals surface area contributed by atoms with E-state index in [1.807, 2.05) is 30.6 Å². The Morgan fingerprint density at radius 1 is 0.484 bits per heavy atom. The van der Waals surface area contributed by atoms with Gasteiger partial charge in [0.2, 0.25) is 0 Å². The Morgan fingerprint density at radius 3 is 1.47 bits per heavy atom. The molecule has 9 rings (SSSR count). The van der Waals surface area contributed by atoms with E-state index < -0.39 is 0 Å². The quantitative estimate of drug-likeness (QED) is 0.0941. The van der Waals surface area contributed by atoms with Crippen molar-refractivity contribution in [2.45, 2.75) is 118 Å². The lowest BCUT2D eigenvalue weighted by molar-refractivity contribution is 0.00578. The summed E-state index contributed by atoms with van der Waals surface area (Å²) >= 11 is 3.32. The number of hydrogen-bond acceptors (Lipinski definition) is 6. The van der Waals surface area contributed by atoms with Crippen molar-refractivity contribution in [3.63, 3.8) is 0 Å². The number of fused-ring (bicyclic) bond motifs is 6. The van der Waals surface area contributed by atoms with Gasteiger partial charge in [-0.3, -0.25) is 15.0 Å². The van der Waals surface area contributed by atoms with E-state index >= 15 is 0 Å². The largest absolute Gasteiger partial charge is 0.494 e. The van der Waals surface area contributed by atoms with Crippen molar-refractivity contribution in [1.82, 2.24) is 19.9 Å². The van der Waals surface area contributed by atoms with Crippen LogP contribution in [0.2, 0.25) is 0 Å². The normalized spacial score (nSPS) is 14.6. The lowest BCUT2D eigenvalue weighted by Gasteiger charge is -2.32. The molecule has 0 atom stereocenters. The molecule has 318 valence electrons. The van der Waals surface area contributed by atoms with E-state index in [2.05, 4.69) is 200 Å². The van der Waals surface area contributed by atoms with Crippen LogP contribution in [0.3, 0.4) is 0 Å². The summed E-state index contributed by atoms with van der Waals surface area (Å²) in [5, 5.41) is 7.32. The fourth-order valence-corrected chi connectivity index (χ4v) is 8.27. The Morgan fingerprint density at radius 2 is 0.968 bits per heavy atom. The van der Waals surface area contributed by atoms with E-state index in [0.29, 0.717) is 23.7 Å². The van der Waals surface area contributed by atoms with Gasteiger partial charge >= 0.3 is 7.12 Å². The maximum atomic E-state index is 6.24. The van der Waals surface area contributed by atoms with Gasteiger partial charge in [-0.25, -0.2) is 4.98 Å². The van der Waals surface area contributed by atoms with Gasteiger partial charge in [0.15, 0.2) is 0 Å². The monoisotopic (exact) mass is 886 g/mol. The van der Waals surface area contributed by atoms with Gasteiger partial charge in [-0.05, 0) is 137 Å². The SMILES string of the molecule is CC(C)c1ccnc(-c2ccc3c(c2)c(C(C)C)nc2ccccc23)c1.CC(C)c1ccnc(Br)c1.CC(C)c1nc2ccccc2c2ccc(B3OC(C)(C)C(C)(C)O3)cc12. The third kappa shape index (κ3) is 9.48. The Balaban J connectivity index is 0.000000153. The van der Waals surface area contributed by atoms with E-state index in [4.69, 9.17) is 19.3 Å². The molecule has 0 N–H and O–H groups in total. The zero-order valence-corrected chi connectivity index (χ0v) is 40.0. The molecule has 62 heavy (non-hydrogen) atoms. The summed E-state index contributed by atoms with van der Waals surface area (Å²) in [6.45, 7) is 25.9. The molecule has 8 aromatic rings. The summed E-state index contributed by atoms with van der Waals surface area (Å²) in [4.78, 5) is 18.6. The molecule has 1 fully saturated rings. The predicted octanol–water partition coefficient (Wildman–Crippen LogP) is 14.5. The van der Waals surface area contributed by atoms with Crippen LogP contribution in [0.5, 0.6) is 0 Å². The first-order valence-electron chi connectivity index (χ1n) is 22.0. The standard InChI is InChI=1S/C24H24N2.C22H26BNO2.C8H10BrN/c1-15(2)17-11-12-25-23(14-17)18-9-10-19-20-7-5-6-8-22(20)26-24(16(3)4)21(19)13-18;1-14(2)20-18-13-15(23-25-21(3,4)22(5,6)26-23)11-12-16(18)17-9-7-8-10-19(17)24-20;1-6(2)7-3-4-10-8(9)5-7/h5-16H,1-4H3;7-14H,1-6H3;3-6H,1-2H3. The summed E-state index contributed by atoms with van der Waals surface area (Å²) < 4.78 is 13.4. The van der Waals surface area contributed by atoms with Gasteiger partial charge in [-0.15, -0.1) is 0 Å². The molecule has 0 spiro atoms. The highest BCUT2D eigenvalue weighted by atomic mass is 79.9. The lowest BCUT2D eigenvalue weighted by atomic mass is 9.77. The summed E-state index contributed by atoms with van der Waals surface area (Å²) in [6, 6.07) is 38.3. The van der Waals surface area contributed by atoms with Crippen molar-refractivity contribution in [1.29, 1.82) is 0 Å².